The second kappa shape index (κ2) is 8.65. The molecule has 0 aliphatic carbocycles. The fourth-order valence-electron chi connectivity index (χ4n) is 4.79. The molecule has 1 aliphatic rings. The Morgan fingerprint density at radius 2 is 1.56 bits per heavy atom. The Balaban J connectivity index is 1.46. The predicted octanol–water partition coefficient (Wildman–Crippen LogP) is 7.10. The van der Waals surface area contributed by atoms with Crippen molar-refractivity contribution in [1.82, 2.24) is 9.47 Å². The molecule has 0 unspecified atom stereocenters. The van der Waals surface area contributed by atoms with Gasteiger partial charge in [-0.25, -0.2) is 0 Å². The standard InChI is InChI=1S/C29H26N2O2S/c1-18-12-19(2)14-25(13-18)31-20(3)15-24(21(31)4)16-27-28(32)30(29(33)34-27)17-23-10-7-9-22-8-5-6-11-26(22)23/h5-16H,17H2,1-4H3/b27-16+. The number of carbonyl (C=O) groups is 2. The summed E-state index contributed by atoms with van der Waals surface area (Å²) in [5.74, 6) is -0.237. The smallest absolute Gasteiger partial charge is 0.293 e. The largest absolute Gasteiger partial charge is 0.318 e. The Morgan fingerprint density at radius 1 is 0.853 bits per heavy atom. The number of nitrogens with zero attached hydrogens (tertiary/aromatic N) is 2. The highest BCUT2D eigenvalue weighted by Crippen LogP contribution is 2.35. The minimum Gasteiger partial charge on any atom is -0.318 e. The van der Waals surface area contributed by atoms with E-state index in [0.717, 1.165) is 50.7 Å². The average molecular weight is 467 g/mol. The molecule has 170 valence electrons. The zero-order valence-electron chi connectivity index (χ0n) is 19.8. The fourth-order valence-corrected chi connectivity index (χ4v) is 5.62. The van der Waals surface area contributed by atoms with Gasteiger partial charge in [-0.15, -0.1) is 0 Å². The van der Waals surface area contributed by atoms with E-state index in [1.165, 1.54) is 16.0 Å². The fraction of sp³-hybridized carbons (Fsp3) is 0.172. The number of rotatable bonds is 4. The van der Waals surface area contributed by atoms with E-state index >= 15 is 0 Å². The molecular formula is C29H26N2O2S. The quantitative estimate of drug-likeness (QED) is 0.301. The molecule has 1 aliphatic heterocycles. The number of hydrogen-bond acceptors (Lipinski definition) is 3. The van der Waals surface area contributed by atoms with Crippen LogP contribution in [0.4, 0.5) is 4.79 Å². The number of thioether (sulfide) groups is 1. The zero-order chi connectivity index (χ0) is 24.0. The molecule has 2 heterocycles. The predicted molar refractivity (Wildman–Crippen MR) is 140 cm³/mol. The van der Waals surface area contributed by atoms with Crippen LogP contribution < -0.4 is 0 Å². The Morgan fingerprint density at radius 3 is 2.32 bits per heavy atom. The molecule has 1 saturated heterocycles. The van der Waals surface area contributed by atoms with Gasteiger partial charge >= 0.3 is 0 Å². The first-order valence-electron chi connectivity index (χ1n) is 11.3. The monoisotopic (exact) mass is 466 g/mol. The molecule has 5 rings (SSSR count). The molecule has 0 spiro atoms. The van der Waals surface area contributed by atoms with Crippen LogP contribution in [0, 0.1) is 27.7 Å². The molecule has 0 radical (unpaired) electrons. The lowest BCUT2D eigenvalue weighted by molar-refractivity contribution is -0.123. The maximum Gasteiger partial charge on any atom is 0.293 e. The van der Waals surface area contributed by atoms with E-state index in [1.807, 2.05) is 48.5 Å². The van der Waals surface area contributed by atoms with Gasteiger partial charge < -0.3 is 4.57 Å². The van der Waals surface area contributed by atoms with Crippen LogP contribution in [-0.4, -0.2) is 20.6 Å². The summed E-state index contributed by atoms with van der Waals surface area (Å²) in [5, 5.41) is 1.93. The van der Waals surface area contributed by atoms with Crippen molar-refractivity contribution in [3.05, 3.63) is 105 Å². The van der Waals surface area contributed by atoms with E-state index < -0.39 is 0 Å². The summed E-state index contributed by atoms with van der Waals surface area (Å²) in [5.41, 5.74) is 7.57. The van der Waals surface area contributed by atoms with E-state index in [4.69, 9.17) is 0 Å². The summed E-state index contributed by atoms with van der Waals surface area (Å²) in [7, 11) is 0. The summed E-state index contributed by atoms with van der Waals surface area (Å²) in [6.45, 7) is 8.57. The lowest BCUT2D eigenvalue weighted by atomic mass is 10.0. The van der Waals surface area contributed by atoms with Crippen molar-refractivity contribution < 1.29 is 9.59 Å². The van der Waals surface area contributed by atoms with Crippen molar-refractivity contribution in [1.29, 1.82) is 0 Å². The lowest BCUT2D eigenvalue weighted by Crippen LogP contribution is -2.27. The van der Waals surface area contributed by atoms with Crippen LogP contribution in [0.15, 0.2) is 71.6 Å². The maximum absolute atomic E-state index is 13.2. The van der Waals surface area contributed by atoms with Crippen molar-refractivity contribution in [2.24, 2.45) is 0 Å². The average Bonchev–Trinajstić information content (AvgIpc) is 3.22. The first-order valence-corrected chi connectivity index (χ1v) is 12.1. The number of aryl methyl sites for hydroxylation is 3. The molecule has 3 aromatic carbocycles. The van der Waals surface area contributed by atoms with Gasteiger partial charge in [-0.3, -0.25) is 14.5 Å². The van der Waals surface area contributed by atoms with Gasteiger partial charge in [0, 0.05) is 17.1 Å². The molecule has 4 nitrogen and oxygen atoms in total. The van der Waals surface area contributed by atoms with Crippen molar-refractivity contribution in [3.8, 4) is 5.69 Å². The molecule has 5 heteroatoms. The molecule has 1 fully saturated rings. The van der Waals surface area contributed by atoms with Crippen LogP contribution in [0.5, 0.6) is 0 Å². The lowest BCUT2D eigenvalue weighted by Gasteiger charge is -2.14. The van der Waals surface area contributed by atoms with Gasteiger partial charge in [0.15, 0.2) is 0 Å². The Hall–Kier alpha value is -3.57. The normalized spacial score (nSPS) is 15.2. The highest BCUT2D eigenvalue weighted by atomic mass is 32.2. The van der Waals surface area contributed by atoms with Gasteiger partial charge in [-0.2, -0.15) is 0 Å². The number of benzene rings is 3. The van der Waals surface area contributed by atoms with E-state index in [2.05, 4.69) is 56.5 Å². The minimum atomic E-state index is -0.237. The van der Waals surface area contributed by atoms with Crippen LogP contribution in [0.3, 0.4) is 0 Å². The van der Waals surface area contributed by atoms with Crippen LogP contribution in [0.1, 0.15) is 33.6 Å². The Bertz CT molecular complexity index is 1470. The first-order chi connectivity index (χ1) is 16.3. The second-order valence-electron chi connectivity index (χ2n) is 8.91. The van der Waals surface area contributed by atoms with E-state index in [1.54, 1.807) is 0 Å². The Labute approximate surface area is 203 Å². The molecule has 1 aromatic heterocycles. The highest BCUT2D eigenvalue weighted by molar-refractivity contribution is 8.18. The second-order valence-corrected chi connectivity index (χ2v) is 9.91. The summed E-state index contributed by atoms with van der Waals surface area (Å²) < 4.78 is 2.20. The number of aromatic nitrogens is 1. The third-order valence-electron chi connectivity index (χ3n) is 6.30. The SMILES string of the molecule is Cc1cc(C)cc(-n2c(C)cc(/C=C3/SC(=O)N(Cc4cccc5ccccc45)C3=O)c2C)c1. The summed E-state index contributed by atoms with van der Waals surface area (Å²) >= 11 is 1.02. The third kappa shape index (κ3) is 3.97. The molecule has 0 bridgehead atoms. The van der Waals surface area contributed by atoms with Crippen LogP contribution in [-0.2, 0) is 11.3 Å². The van der Waals surface area contributed by atoms with E-state index in [9.17, 15) is 9.59 Å². The highest BCUT2D eigenvalue weighted by Gasteiger charge is 2.35. The van der Waals surface area contributed by atoms with Gasteiger partial charge in [-0.05, 0) is 96.8 Å². The van der Waals surface area contributed by atoms with Crippen molar-refractivity contribution in [3.63, 3.8) is 0 Å². The van der Waals surface area contributed by atoms with Gasteiger partial charge in [0.2, 0.25) is 0 Å². The van der Waals surface area contributed by atoms with E-state index in [0.29, 0.717) is 4.91 Å². The van der Waals surface area contributed by atoms with Crippen LogP contribution in [0.25, 0.3) is 22.5 Å². The number of imide groups is 1. The van der Waals surface area contributed by atoms with Gasteiger partial charge in [-0.1, -0.05) is 48.5 Å². The number of hydrogen-bond donors (Lipinski definition) is 0. The number of fused-ring (bicyclic) bond motifs is 1. The number of amides is 2. The van der Waals surface area contributed by atoms with E-state index in [-0.39, 0.29) is 17.7 Å². The Kier molecular flexibility index (Phi) is 5.66. The molecule has 0 N–H and O–H groups in total. The van der Waals surface area contributed by atoms with Gasteiger partial charge in [0.05, 0.1) is 11.4 Å². The molecule has 34 heavy (non-hydrogen) atoms. The third-order valence-corrected chi connectivity index (χ3v) is 7.21. The first kappa shape index (κ1) is 22.2. The topological polar surface area (TPSA) is 42.3 Å². The van der Waals surface area contributed by atoms with Crippen molar-refractivity contribution in [2.75, 3.05) is 0 Å². The summed E-state index contributed by atoms with van der Waals surface area (Å²) in [4.78, 5) is 27.8. The molecule has 0 atom stereocenters. The minimum absolute atomic E-state index is 0.229. The zero-order valence-corrected chi connectivity index (χ0v) is 20.6. The number of carbonyl (C=O) groups excluding carboxylic acids is 2. The molecular weight excluding hydrogens is 440 g/mol. The van der Waals surface area contributed by atoms with Crippen LogP contribution >= 0.6 is 11.8 Å². The molecule has 4 aromatic rings. The van der Waals surface area contributed by atoms with Crippen molar-refractivity contribution >= 4 is 39.8 Å². The maximum atomic E-state index is 13.2. The summed E-state index contributed by atoms with van der Waals surface area (Å²) in [6, 6.07) is 22.6. The van der Waals surface area contributed by atoms with Crippen LogP contribution in [0.2, 0.25) is 0 Å². The van der Waals surface area contributed by atoms with Gasteiger partial charge in [0.1, 0.15) is 0 Å². The molecule has 2 amide bonds. The molecule has 0 saturated carbocycles. The summed E-state index contributed by atoms with van der Waals surface area (Å²) in [6.07, 6.45) is 1.86. The van der Waals surface area contributed by atoms with Crippen molar-refractivity contribution in [2.45, 2.75) is 34.2 Å². The van der Waals surface area contributed by atoms with Gasteiger partial charge in [0.25, 0.3) is 11.1 Å².